The lowest BCUT2D eigenvalue weighted by molar-refractivity contribution is -0.149. The largest absolute Gasteiger partial charge is 0.378 e. The van der Waals surface area contributed by atoms with Crippen LogP contribution in [0.25, 0.3) is 0 Å². The summed E-state index contributed by atoms with van der Waals surface area (Å²) in [6.45, 7) is 2.20. The molecule has 8 heteroatoms. The molecule has 5 aliphatic rings. The van der Waals surface area contributed by atoms with Crippen molar-refractivity contribution in [3.8, 4) is 0 Å². The molecule has 3 N–H and O–H groups in total. The highest BCUT2D eigenvalue weighted by atomic mass is 35.5. The van der Waals surface area contributed by atoms with Gasteiger partial charge in [-0.1, -0.05) is 29.3 Å². The number of hydrogen-bond donors (Lipinski definition) is 2. The predicted molar refractivity (Wildman–Crippen MR) is 119 cm³/mol. The zero-order valence-corrected chi connectivity index (χ0v) is 19.0. The molecule has 31 heavy (non-hydrogen) atoms. The van der Waals surface area contributed by atoms with Crippen molar-refractivity contribution in [2.45, 2.75) is 50.7 Å². The average Bonchev–Trinajstić information content (AvgIpc) is 2.72. The van der Waals surface area contributed by atoms with E-state index in [1.807, 2.05) is 12.1 Å². The van der Waals surface area contributed by atoms with E-state index >= 15 is 0 Å². The third-order valence-electron chi connectivity index (χ3n) is 8.04. The molecule has 2 amide bonds. The van der Waals surface area contributed by atoms with Crippen LogP contribution in [0.1, 0.15) is 37.7 Å². The van der Waals surface area contributed by atoms with E-state index in [0.717, 1.165) is 37.7 Å². The Balaban J connectivity index is 1.29. The summed E-state index contributed by atoms with van der Waals surface area (Å²) in [5.74, 6) is 1.11. The molecule has 6 rings (SSSR count). The Morgan fingerprint density at radius 1 is 1.19 bits per heavy atom. The van der Waals surface area contributed by atoms with E-state index in [1.54, 1.807) is 6.07 Å². The lowest BCUT2D eigenvalue weighted by Crippen LogP contribution is -2.64. The number of ether oxygens (including phenoxy) is 1. The Labute approximate surface area is 192 Å². The minimum atomic E-state index is -0.359. The number of carbonyl (C=O) groups is 2. The van der Waals surface area contributed by atoms with E-state index in [9.17, 15) is 9.59 Å². The second kappa shape index (κ2) is 8.22. The van der Waals surface area contributed by atoms with Crippen LogP contribution < -0.4 is 11.1 Å². The molecule has 1 heterocycles. The number of nitrogens with one attached hydrogen (secondary N) is 1. The Morgan fingerprint density at radius 3 is 2.61 bits per heavy atom. The van der Waals surface area contributed by atoms with Gasteiger partial charge in [0.1, 0.15) is 6.04 Å². The smallest absolute Gasteiger partial charge is 0.239 e. The molecule has 0 spiro atoms. The van der Waals surface area contributed by atoms with E-state index in [1.165, 1.54) is 0 Å². The van der Waals surface area contributed by atoms with Crippen LogP contribution in [0.4, 0.5) is 0 Å². The molecule has 3 unspecified atom stereocenters. The first-order valence-electron chi connectivity index (χ1n) is 11.2. The zero-order chi connectivity index (χ0) is 21.8. The van der Waals surface area contributed by atoms with Crippen molar-refractivity contribution >= 4 is 35.0 Å². The molecule has 1 saturated heterocycles. The minimum Gasteiger partial charge on any atom is -0.378 e. The molecule has 1 aromatic rings. The fraction of sp³-hybridized carbons (Fsp3) is 0.652. The fourth-order valence-electron chi connectivity index (χ4n) is 6.76. The van der Waals surface area contributed by atoms with Gasteiger partial charge in [0, 0.05) is 34.6 Å². The Bertz CT molecular complexity index is 879. The van der Waals surface area contributed by atoms with Gasteiger partial charge in [-0.15, -0.1) is 0 Å². The van der Waals surface area contributed by atoms with E-state index in [0.29, 0.717) is 54.1 Å². The van der Waals surface area contributed by atoms with Gasteiger partial charge in [-0.05, 0) is 67.6 Å². The van der Waals surface area contributed by atoms with Crippen LogP contribution in [0, 0.1) is 23.2 Å². The van der Waals surface area contributed by atoms with E-state index < -0.39 is 0 Å². The van der Waals surface area contributed by atoms with Crippen LogP contribution in [0.2, 0.25) is 10.0 Å². The molecule has 1 aliphatic heterocycles. The number of morpholine rings is 1. The standard InChI is InChI=1S/C23H29Cl2N3O3/c24-17-2-1-14(18(25)7-17)11-28-3-4-31-12-19(28)21(29)27-20-15-5-13-6-16(20)10-23(8-13,9-15)22(26)30/h1-2,7,13,15-16,19-20H,3-6,8-12H2,(H2,26,30)(H,27,29). The van der Waals surface area contributed by atoms with Gasteiger partial charge in [0.15, 0.2) is 0 Å². The molecule has 1 aromatic carbocycles. The van der Waals surface area contributed by atoms with E-state index in [-0.39, 0.29) is 29.3 Å². The van der Waals surface area contributed by atoms with Crippen molar-refractivity contribution in [2.75, 3.05) is 19.8 Å². The summed E-state index contributed by atoms with van der Waals surface area (Å²) in [5, 5.41) is 4.57. The van der Waals surface area contributed by atoms with Gasteiger partial charge in [0.2, 0.25) is 11.8 Å². The lowest BCUT2D eigenvalue weighted by Gasteiger charge is -2.59. The number of hydrogen-bond acceptors (Lipinski definition) is 4. The van der Waals surface area contributed by atoms with Crippen LogP contribution in [0.5, 0.6) is 0 Å². The van der Waals surface area contributed by atoms with Crippen LogP contribution in [0.3, 0.4) is 0 Å². The molecule has 4 saturated carbocycles. The number of carbonyl (C=O) groups excluding carboxylic acids is 2. The molecule has 0 radical (unpaired) electrons. The SMILES string of the molecule is NC(=O)C12CC3CC(C1)C(NC(=O)C1COCCN1Cc1ccc(Cl)cc1Cl)C(C3)C2. The van der Waals surface area contributed by atoms with Crippen molar-refractivity contribution in [2.24, 2.45) is 28.9 Å². The normalized spacial score (nSPS) is 37.0. The van der Waals surface area contributed by atoms with Gasteiger partial charge in [-0.3, -0.25) is 14.5 Å². The maximum Gasteiger partial charge on any atom is 0.239 e. The molecule has 3 atom stereocenters. The third kappa shape index (κ3) is 3.97. The highest BCUT2D eigenvalue weighted by molar-refractivity contribution is 6.35. The molecular weight excluding hydrogens is 437 g/mol. The van der Waals surface area contributed by atoms with Gasteiger partial charge >= 0.3 is 0 Å². The maximum atomic E-state index is 13.4. The van der Waals surface area contributed by atoms with Crippen molar-refractivity contribution in [1.29, 1.82) is 0 Å². The highest BCUT2D eigenvalue weighted by Crippen LogP contribution is 2.59. The molecule has 5 fully saturated rings. The number of primary amides is 1. The number of amides is 2. The first-order valence-corrected chi connectivity index (χ1v) is 12.0. The van der Waals surface area contributed by atoms with Crippen molar-refractivity contribution in [1.82, 2.24) is 10.2 Å². The molecule has 4 aliphatic carbocycles. The predicted octanol–water partition coefficient (Wildman–Crippen LogP) is 2.99. The molecule has 168 valence electrons. The summed E-state index contributed by atoms with van der Waals surface area (Å²) in [4.78, 5) is 27.7. The summed E-state index contributed by atoms with van der Waals surface area (Å²) >= 11 is 12.4. The summed E-state index contributed by atoms with van der Waals surface area (Å²) in [7, 11) is 0. The number of halogens is 2. The molecule has 0 aromatic heterocycles. The van der Waals surface area contributed by atoms with Gasteiger partial charge < -0.3 is 15.8 Å². The van der Waals surface area contributed by atoms with Crippen LogP contribution in [0.15, 0.2) is 18.2 Å². The lowest BCUT2D eigenvalue weighted by atomic mass is 9.47. The van der Waals surface area contributed by atoms with Gasteiger partial charge in [-0.2, -0.15) is 0 Å². The van der Waals surface area contributed by atoms with Crippen LogP contribution in [-0.4, -0.2) is 48.6 Å². The molecule has 6 nitrogen and oxygen atoms in total. The van der Waals surface area contributed by atoms with Crippen molar-refractivity contribution < 1.29 is 14.3 Å². The Morgan fingerprint density at radius 2 is 1.94 bits per heavy atom. The topological polar surface area (TPSA) is 84.7 Å². The van der Waals surface area contributed by atoms with Crippen molar-refractivity contribution in [3.63, 3.8) is 0 Å². The third-order valence-corrected chi connectivity index (χ3v) is 8.62. The molecule has 4 bridgehead atoms. The average molecular weight is 466 g/mol. The van der Waals surface area contributed by atoms with E-state index in [2.05, 4.69) is 10.2 Å². The second-order valence-corrected chi connectivity index (χ2v) is 10.8. The monoisotopic (exact) mass is 465 g/mol. The summed E-state index contributed by atoms with van der Waals surface area (Å²) < 4.78 is 5.66. The number of benzene rings is 1. The van der Waals surface area contributed by atoms with Gasteiger partial charge in [0.25, 0.3) is 0 Å². The minimum absolute atomic E-state index is 0.00962. The highest BCUT2D eigenvalue weighted by Gasteiger charge is 2.58. The van der Waals surface area contributed by atoms with Gasteiger partial charge in [-0.25, -0.2) is 0 Å². The van der Waals surface area contributed by atoms with Crippen LogP contribution >= 0.6 is 23.2 Å². The van der Waals surface area contributed by atoms with Crippen molar-refractivity contribution in [3.05, 3.63) is 33.8 Å². The number of rotatable bonds is 5. The zero-order valence-electron chi connectivity index (χ0n) is 17.5. The fourth-order valence-corrected chi connectivity index (χ4v) is 7.23. The maximum absolute atomic E-state index is 13.4. The number of nitrogens with zero attached hydrogens (tertiary/aromatic N) is 1. The number of nitrogens with two attached hydrogens (primary N) is 1. The summed E-state index contributed by atoms with van der Waals surface area (Å²) in [6, 6.07) is 5.23. The van der Waals surface area contributed by atoms with E-state index in [4.69, 9.17) is 33.7 Å². The first-order chi connectivity index (χ1) is 14.8. The van der Waals surface area contributed by atoms with Crippen LogP contribution in [-0.2, 0) is 20.9 Å². The first kappa shape index (κ1) is 21.5. The Hall–Kier alpha value is -1.34. The summed E-state index contributed by atoms with van der Waals surface area (Å²) in [5.41, 5.74) is 6.40. The Kier molecular flexibility index (Phi) is 5.70. The second-order valence-electron chi connectivity index (χ2n) is 9.95. The summed E-state index contributed by atoms with van der Waals surface area (Å²) in [6.07, 6.45) is 4.72. The quantitative estimate of drug-likeness (QED) is 0.699. The van der Waals surface area contributed by atoms with Gasteiger partial charge in [0.05, 0.1) is 13.2 Å². The molecular formula is C23H29Cl2N3O3.